The summed E-state index contributed by atoms with van der Waals surface area (Å²) < 4.78 is 15.2. The second kappa shape index (κ2) is 9.80. The van der Waals surface area contributed by atoms with E-state index >= 15 is 0 Å². The van der Waals surface area contributed by atoms with E-state index in [4.69, 9.17) is 9.84 Å². The fourth-order valence-corrected chi connectivity index (χ4v) is 1.84. The molecule has 118 valence electrons. The van der Waals surface area contributed by atoms with Crippen LogP contribution in [-0.4, -0.2) is 55.0 Å². The van der Waals surface area contributed by atoms with Crippen molar-refractivity contribution in [3.05, 3.63) is 35.9 Å². The molecule has 0 fully saturated rings. The third-order valence-corrected chi connectivity index (χ3v) is 3.03. The van der Waals surface area contributed by atoms with E-state index in [9.17, 15) is 19.4 Å². The van der Waals surface area contributed by atoms with Crippen LogP contribution in [-0.2, 0) is 19.0 Å². The molecule has 0 aromatic heterocycles. The van der Waals surface area contributed by atoms with Crippen molar-refractivity contribution in [2.75, 3.05) is 19.7 Å². The molecule has 1 aromatic carbocycles. The molecule has 0 aliphatic heterocycles. The van der Waals surface area contributed by atoms with Crippen LogP contribution in [0.25, 0.3) is 0 Å². The van der Waals surface area contributed by atoms with Gasteiger partial charge < -0.3 is 0 Å². The van der Waals surface area contributed by atoms with E-state index in [1.807, 2.05) is 0 Å². The predicted molar refractivity (Wildman–Crippen MR) is 77.7 cm³/mol. The third kappa shape index (κ3) is 6.15. The molecule has 22 heavy (non-hydrogen) atoms. The number of carbonyl (C=O) groups is 2. The van der Waals surface area contributed by atoms with Gasteiger partial charge in [-0.2, -0.15) is 0 Å². The summed E-state index contributed by atoms with van der Waals surface area (Å²) in [5.41, 5.74) is 0.518. The van der Waals surface area contributed by atoms with Crippen molar-refractivity contribution in [2.24, 2.45) is 0 Å². The van der Waals surface area contributed by atoms with E-state index in [0.717, 1.165) is 0 Å². The summed E-state index contributed by atoms with van der Waals surface area (Å²) in [6, 6.07) is 7.85. The van der Waals surface area contributed by atoms with Crippen molar-refractivity contribution in [3.63, 3.8) is 0 Å². The number of aliphatic hydroxyl groups excluding tert-OH is 1. The van der Waals surface area contributed by atoms with Gasteiger partial charge in [0.2, 0.25) is 0 Å². The van der Waals surface area contributed by atoms with Crippen LogP contribution in [0.5, 0.6) is 0 Å². The van der Waals surface area contributed by atoms with Crippen molar-refractivity contribution >= 4 is 19.1 Å². The molecule has 0 amide bonds. The monoisotopic (exact) mass is 307 g/mol. The summed E-state index contributed by atoms with van der Waals surface area (Å²) in [7, 11) is 0.625. The van der Waals surface area contributed by atoms with Gasteiger partial charge in [-0.3, -0.25) is 0 Å². The normalized spacial score (nSPS) is 13.0. The summed E-state index contributed by atoms with van der Waals surface area (Å²) in [5.74, 6) is -2.77. The Hall–Kier alpha value is -2.06. The Morgan fingerprint density at radius 3 is 2.50 bits per heavy atom. The molecule has 0 aliphatic rings. The fourth-order valence-electron chi connectivity index (χ4n) is 1.84. The van der Waals surface area contributed by atoms with Gasteiger partial charge in [-0.05, 0) is 0 Å². The van der Waals surface area contributed by atoms with E-state index in [2.05, 4.69) is 5.32 Å². The maximum absolute atomic E-state index is 11.8. The molecule has 8 heteroatoms. The first-order valence-corrected chi connectivity index (χ1v) is 6.79. The quantitative estimate of drug-likeness (QED) is 0.403. The second-order valence-electron chi connectivity index (χ2n) is 4.64. The standard InChI is InChI=1S/C14H18BNO6/c17-7-11(16-9-15-21)8-22-13(18)6-12(14(19)20)10-4-2-1-3-5-10/h1-5,11-12,16-17H,6-9H2,(H,19,20). The van der Waals surface area contributed by atoms with Gasteiger partial charge in [0.15, 0.2) is 0 Å². The molecule has 0 saturated heterocycles. The predicted octanol–water partition coefficient (Wildman–Crippen LogP) is -0.254. The van der Waals surface area contributed by atoms with Gasteiger partial charge in [0.05, 0.1) is 0 Å². The van der Waals surface area contributed by atoms with Crippen molar-refractivity contribution in [3.8, 4) is 0 Å². The minimum absolute atomic E-state index is 0.0323. The number of nitrogens with one attached hydrogen (secondary N) is 1. The van der Waals surface area contributed by atoms with Crippen LogP contribution < -0.4 is 5.32 Å². The first-order valence-electron chi connectivity index (χ1n) is 6.79. The Kier molecular flexibility index (Phi) is 8.02. The van der Waals surface area contributed by atoms with Crippen LogP contribution in [0.1, 0.15) is 17.9 Å². The van der Waals surface area contributed by atoms with Gasteiger partial charge in [-0.25, -0.2) is 0 Å². The van der Waals surface area contributed by atoms with Crippen molar-refractivity contribution in [1.82, 2.24) is 5.32 Å². The van der Waals surface area contributed by atoms with Gasteiger partial charge in [-0.15, -0.1) is 0 Å². The zero-order valence-electron chi connectivity index (χ0n) is 12.0. The van der Waals surface area contributed by atoms with Crippen LogP contribution in [0.15, 0.2) is 30.3 Å². The van der Waals surface area contributed by atoms with Gasteiger partial charge in [0.1, 0.15) is 0 Å². The maximum atomic E-state index is 11.8. The summed E-state index contributed by atoms with van der Waals surface area (Å²) in [5, 5.41) is 20.9. The molecule has 1 aromatic rings. The SMILES string of the molecule is O=BCNC(CO)COC(=O)CC(C(=O)O)c1ccccc1. The first kappa shape index (κ1) is 18.0. The van der Waals surface area contributed by atoms with Gasteiger partial charge in [0.25, 0.3) is 0 Å². The van der Waals surface area contributed by atoms with Gasteiger partial charge in [-0.1, -0.05) is 0 Å². The minimum atomic E-state index is -1.11. The van der Waals surface area contributed by atoms with Crippen molar-refractivity contribution in [1.29, 1.82) is 0 Å². The second-order valence-corrected chi connectivity index (χ2v) is 4.64. The van der Waals surface area contributed by atoms with Gasteiger partial charge >= 0.3 is 128 Å². The molecule has 2 atom stereocenters. The van der Waals surface area contributed by atoms with Crippen LogP contribution in [0.4, 0.5) is 0 Å². The molecule has 0 saturated carbocycles. The number of esters is 1. The van der Waals surface area contributed by atoms with E-state index in [0.29, 0.717) is 12.7 Å². The molecular formula is C14H18BNO6. The Morgan fingerprint density at radius 2 is 1.95 bits per heavy atom. The van der Waals surface area contributed by atoms with E-state index < -0.39 is 23.9 Å². The number of rotatable bonds is 10. The molecule has 0 spiro atoms. The van der Waals surface area contributed by atoms with Crippen LogP contribution in [0.2, 0.25) is 0 Å². The summed E-state index contributed by atoms with van der Waals surface area (Å²) >= 11 is 0. The molecule has 0 aliphatic carbocycles. The van der Waals surface area contributed by atoms with Crippen molar-refractivity contribution < 1.29 is 29.2 Å². The number of hydrogen-bond acceptors (Lipinski definition) is 6. The number of aliphatic hydroxyl groups is 1. The number of aliphatic carboxylic acids is 1. The third-order valence-electron chi connectivity index (χ3n) is 3.03. The molecule has 0 bridgehead atoms. The zero-order valence-corrected chi connectivity index (χ0v) is 12.0. The summed E-state index contributed by atoms with van der Waals surface area (Å²) in [4.78, 5) is 23.0. The van der Waals surface area contributed by atoms with Gasteiger partial charge in [0, 0.05) is 0 Å². The van der Waals surface area contributed by atoms with E-state index in [1.54, 1.807) is 30.3 Å². The number of benzene rings is 1. The molecular weight excluding hydrogens is 289 g/mol. The van der Waals surface area contributed by atoms with Crippen LogP contribution in [0.3, 0.4) is 0 Å². The molecule has 0 heterocycles. The Balaban J connectivity index is 2.54. The first-order chi connectivity index (χ1) is 10.6. The number of ether oxygens (including phenoxy) is 1. The number of carboxylic acid groups (broad SMARTS) is 1. The molecule has 1 rings (SSSR count). The number of hydrogen-bond donors (Lipinski definition) is 3. The van der Waals surface area contributed by atoms with Crippen LogP contribution >= 0.6 is 0 Å². The Labute approximate surface area is 128 Å². The van der Waals surface area contributed by atoms with Crippen molar-refractivity contribution in [2.45, 2.75) is 18.4 Å². The average Bonchev–Trinajstić information content (AvgIpc) is 2.53. The zero-order chi connectivity index (χ0) is 16.4. The topological polar surface area (TPSA) is 113 Å². The summed E-state index contributed by atoms with van der Waals surface area (Å²) in [6.07, 6.45) is -0.268. The number of carboxylic acids is 1. The summed E-state index contributed by atoms with van der Waals surface area (Å²) in [6.45, 7) is -0.438. The van der Waals surface area contributed by atoms with E-state index in [1.165, 1.54) is 0 Å². The van der Waals surface area contributed by atoms with Crippen LogP contribution in [0, 0.1) is 0 Å². The Bertz CT molecular complexity index is 495. The molecule has 3 N–H and O–H groups in total. The molecule has 2 unspecified atom stereocenters. The fraction of sp³-hybridized carbons (Fsp3) is 0.429. The van der Waals surface area contributed by atoms with E-state index in [-0.39, 0.29) is 26.1 Å². The number of carbonyl (C=O) groups excluding carboxylic acids is 1. The Morgan fingerprint density at radius 1 is 1.27 bits per heavy atom. The average molecular weight is 307 g/mol. The molecule has 7 nitrogen and oxygen atoms in total. The molecule has 0 radical (unpaired) electrons.